The lowest BCUT2D eigenvalue weighted by atomic mass is 10.1. The quantitative estimate of drug-likeness (QED) is 0.811. The molecule has 110 valence electrons. The van der Waals surface area contributed by atoms with E-state index >= 15 is 0 Å². The number of hydrogen-bond donors (Lipinski definition) is 2. The largest absolute Gasteiger partial charge is 0.384 e. The third kappa shape index (κ3) is 4.27. The van der Waals surface area contributed by atoms with Crippen molar-refractivity contribution < 1.29 is 22.3 Å². The van der Waals surface area contributed by atoms with Crippen LogP contribution in [0.3, 0.4) is 0 Å². The zero-order valence-corrected chi connectivity index (χ0v) is 12.1. The van der Waals surface area contributed by atoms with E-state index in [1.54, 1.807) is 20.8 Å². The normalized spacial score (nSPS) is 11.9. The highest BCUT2D eigenvalue weighted by atomic mass is 32.2. The predicted molar refractivity (Wildman–Crippen MR) is 70.4 cm³/mol. The minimum absolute atomic E-state index is 0.340. The molecule has 0 fully saturated rings. The average Bonchev–Trinajstić information content (AvgIpc) is 2.21. The lowest BCUT2D eigenvalue weighted by Gasteiger charge is -2.21. The first-order valence-corrected chi connectivity index (χ1v) is 7.18. The third-order valence-corrected chi connectivity index (χ3v) is 3.85. The maximum atomic E-state index is 13.8. The van der Waals surface area contributed by atoms with Crippen LogP contribution >= 0.6 is 0 Å². The highest BCUT2D eigenvalue weighted by molar-refractivity contribution is 7.89. The number of hydrogen-bond acceptors (Lipinski definition) is 3. The third-order valence-electron chi connectivity index (χ3n) is 2.02. The van der Waals surface area contributed by atoms with Crippen molar-refractivity contribution in [1.82, 2.24) is 4.72 Å². The number of benzene rings is 1. The molecule has 0 amide bonds. The van der Waals surface area contributed by atoms with Crippen LogP contribution in [0.1, 0.15) is 26.3 Å². The lowest BCUT2D eigenvalue weighted by Crippen LogP contribution is -2.41. The van der Waals surface area contributed by atoms with E-state index in [0.717, 1.165) is 6.07 Å². The number of aliphatic hydroxyl groups excluding tert-OH is 1. The van der Waals surface area contributed by atoms with Gasteiger partial charge in [0.25, 0.3) is 0 Å². The molecule has 0 aliphatic heterocycles. The molecule has 1 aromatic carbocycles. The zero-order chi connectivity index (χ0) is 15.6. The van der Waals surface area contributed by atoms with Crippen LogP contribution in [-0.4, -0.2) is 25.7 Å². The number of rotatable bonds is 2. The van der Waals surface area contributed by atoms with E-state index in [9.17, 15) is 17.2 Å². The highest BCUT2D eigenvalue weighted by Crippen LogP contribution is 2.22. The van der Waals surface area contributed by atoms with E-state index in [1.165, 1.54) is 0 Å². The minimum Gasteiger partial charge on any atom is -0.384 e. The highest BCUT2D eigenvalue weighted by Gasteiger charge is 2.28. The van der Waals surface area contributed by atoms with E-state index < -0.39 is 38.7 Å². The summed E-state index contributed by atoms with van der Waals surface area (Å²) in [5, 5.41) is 8.62. The Labute approximate surface area is 116 Å². The van der Waals surface area contributed by atoms with Gasteiger partial charge >= 0.3 is 0 Å². The average molecular weight is 303 g/mol. The van der Waals surface area contributed by atoms with Crippen LogP contribution < -0.4 is 4.72 Å². The molecular formula is C13H15F2NO3S. The monoisotopic (exact) mass is 303 g/mol. The maximum absolute atomic E-state index is 13.8. The zero-order valence-electron chi connectivity index (χ0n) is 11.3. The van der Waals surface area contributed by atoms with Crippen LogP contribution in [0.2, 0.25) is 0 Å². The Kier molecular flexibility index (Phi) is 4.86. The molecule has 2 N–H and O–H groups in total. The first-order chi connectivity index (χ1) is 9.07. The fraction of sp³-hybridized carbons (Fsp3) is 0.385. The van der Waals surface area contributed by atoms with Gasteiger partial charge in [-0.1, -0.05) is 11.8 Å². The molecule has 7 heteroatoms. The molecule has 0 saturated heterocycles. The smallest absolute Gasteiger partial charge is 0.245 e. The molecule has 0 aromatic heterocycles. The number of aliphatic hydroxyl groups is 1. The molecule has 0 unspecified atom stereocenters. The van der Waals surface area contributed by atoms with Crippen LogP contribution in [0, 0.1) is 23.5 Å². The summed E-state index contributed by atoms with van der Waals surface area (Å²) in [7, 11) is -4.20. The van der Waals surface area contributed by atoms with Crippen molar-refractivity contribution in [2.75, 3.05) is 6.61 Å². The van der Waals surface area contributed by atoms with Crippen molar-refractivity contribution in [3.63, 3.8) is 0 Å². The van der Waals surface area contributed by atoms with Gasteiger partial charge in [0.15, 0.2) is 0 Å². The fourth-order valence-corrected chi connectivity index (χ4v) is 3.14. The van der Waals surface area contributed by atoms with E-state index in [2.05, 4.69) is 16.6 Å². The van der Waals surface area contributed by atoms with Gasteiger partial charge in [-0.05, 0) is 26.8 Å². The Bertz CT molecular complexity index is 667. The molecule has 0 aliphatic rings. The number of nitrogens with one attached hydrogen (secondary N) is 1. The van der Waals surface area contributed by atoms with Crippen molar-refractivity contribution in [3.05, 3.63) is 29.3 Å². The lowest BCUT2D eigenvalue weighted by molar-refractivity contribution is 0.350. The Morgan fingerprint density at radius 3 is 2.40 bits per heavy atom. The predicted octanol–water partition coefficient (Wildman–Crippen LogP) is 1.39. The number of halogens is 2. The molecule has 0 atom stereocenters. The Morgan fingerprint density at radius 1 is 1.30 bits per heavy atom. The topological polar surface area (TPSA) is 66.4 Å². The second kappa shape index (κ2) is 5.87. The summed E-state index contributed by atoms with van der Waals surface area (Å²) in [5.74, 6) is 2.23. The van der Waals surface area contributed by atoms with Crippen molar-refractivity contribution in [2.45, 2.75) is 31.2 Å². The fourth-order valence-electron chi connectivity index (χ4n) is 1.52. The first-order valence-electron chi connectivity index (χ1n) is 5.69. The van der Waals surface area contributed by atoms with E-state index in [-0.39, 0.29) is 5.56 Å². The summed E-state index contributed by atoms with van der Waals surface area (Å²) in [6.07, 6.45) is 0. The maximum Gasteiger partial charge on any atom is 0.245 e. The van der Waals surface area contributed by atoms with E-state index in [4.69, 9.17) is 5.11 Å². The molecule has 0 bridgehead atoms. The van der Waals surface area contributed by atoms with Gasteiger partial charge in [0.1, 0.15) is 23.1 Å². The van der Waals surface area contributed by atoms with Crippen LogP contribution in [0.4, 0.5) is 8.78 Å². The molecule has 0 spiro atoms. The minimum atomic E-state index is -4.20. The van der Waals surface area contributed by atoms with Crippen molar-refractivity contribution >= 4 is 10.0 Å². The molecule has 0 aliphatic carbocycles. The summed E-state index contributed by atoms with van der Waals surface area (Å²) in [5.41, 5.74) is -1.17. The molecule has 1 rings (SSSR count). The molecule has 20 heavy (non-hydrogen) atoms. The standard InChI is InChI=1S/C13H15F2NO3S/c1-13(2,3)16-20(18,19)12-9(5-4-6-17)7-10(14)8-11(12)15/h7-8,16-17H,6H2,1-3H3. The molecule has 0 radical (unpaired) electrons. The molecule has 0 heterocycles. The van der Waals surface area contributed by atoms with Crippen LogP contribution in [0.25, 0.3) is 0 Å². The molecule has 1 aromatic rings. The van der Waals surface area contributed by atoms with Gasteiger partial charge < -0.3 is 5.11 Å². The molecular weight excluding hydrogens is 288 g/mol. The Morgan fingerprint density at radius 2 is 1.90 bits per heavy atom. The SMILES string of the molecule is CC(C)(C)NS(=O)(=O)c1c(F)cc(F)cc1C#CCO. The van der Waals surface area contributed by atoms with Crippen LogP contribution in [0.5, 0.6) is 0 Å². The van der Waals surface area contributed by atoms with E-state index in [1.807, 2.05) is 0 Å². The summed E-state index contributed by atoms with van der Waals surface area (Å²) in [6.45, 7) is 4.21. The second-order valence-corrected chi connectivity index (χ2v) is 6.70. The first kappa shape index (κ1) is 16.6. The molecule has 4 nitrogen and oxygen atoms in total. The Hall–Kier alpha value is -1.49. The van der Waals surface area contributed by atoms with Gasteiger partial charge in [-0.15, -0.1) is 0 Å². The van der Waals surface area contributed by atoms with Gasteiger partial charge in [0, 0.05) is 11.6 Å². The summed E-state index contributed by atoms with van der Waals surface area (Å²) in [6, 6.07) is 1.28. The van der Waals surface area contributed by atoms with Gasteiger partial charge in [-0.25, -0.2) is 21.9 Å². The molecule has 0 saturated carbocycles. The second-order valence-electron chi connectivity index (χ2n) is 5.08. The Balaban J connectivity index is 3.51. The van der Waals surface area contributed by atoms with Crippen LogP contribution in [0.15, 0.2) is 17.0 Å². The number of sulfonamides is 1. The summed E-state index contributed by atoms with van der Waals surface area (Å²) in [4.78, 5) is -0.727. The summed E-state index contributed by atoms with van der Waals surface area (Å²) >= 11 is 0. The van der Waals surface area contributed by atoms with Crippen molar-refractivity contribution in [3.8, 4) is 11.8 Å². The van der Waals surface area contributed by atoms with Gasteiger partial charge in [0.05, 0.1) is 5.56 Å². The van der Waals surface area contributed by atoms with Gasteiger partial charge in [-0.2, -0.15) is 0 Å². The van der Waals surface area contributed by atoms with Crippen molar-refractivity contribution in [1.29, 1.82) is 0 Å². The van der Waals surface area contributed by atoms with Gasteiger partial charge in [-0.3, -0.25) is 0 Å². The van der Waals surface area contributed by atoms with Crippen LogP contribution in [-0.2, 0) is 10.0 Å². The van der Waals surface area contributed by atoms with Crippen molar-refractivity contribution in [2.24, 2.45) is 0 Å². The van der Waals surface area contributed by atoms with E-state index in [0.29, 0.717) is 6.07 Å². The summed E-state index contributed by atoms with van der Waals surface area (Å²) < 4.78 is 53.6. The van der Waals surface area contributed by atoms with Gasteiger partial charge in [0.2, 0.25) is 10.0 Å².